The first kappa shape index (κ1) is 24.5. The summed E-state index contributed by atoms with van der Waals surface area (Å²) >= 11 is 6.21. The highest BCUT2D eigenvalue weighted by atomic mass is 35.5. The summed E-state index contributed by atoms with van der Waals surface area (Å²) < 4.78 is 27.2. The molecule has 0 aliphatic carbocycles. The number of nitrogens with zero attached hydrogens (tertiary/aromatic N) is 3. The van der Waals surface area contributed by atoms with Gasteiger partial charge in [0.25, 0.3) is 11.1 Å². The van der Waals surface area contributed by atoms with E-state index >= 15 is 0 Å². The van der Waals surface area contributed by atoms with Gasteiger partial charge in [0.2, 0.25) is 0 Å². The van der Waals surface area contributed by atoms with Crippen LogP contribution in [0.5, 0.6) is 0 Å². The fraction of sp³-hybridized carbons (Fsp3) is 0.308. The van der Waals surface area contributed by atoms with Crippen molar-refractivity contribution in [3.05, 3.63) is 96.9 Å². The molecule has 0 atom stereocenters. The van der Waals surface area contributed by atoms with E-state index in [-0.39, 0.29) is 29.4 Å². The van der Waals surface area contributed by atoms with Gasteiger partial charge in [0, 0.05) is 32.8 Å². The molecule has 1 fully saturated rings. The molecule has 0 saturated carbocycles. The number of hydrogen-bond donors (Lipinski definition) is 1. The summed E-state index contributed by atoms with van der Waals surface area (Å²) in [7, 11) is 1.52. The van der Waals surface area contributed by atoms with E-state index < -0.39 is 11.4 Å². The minimum absolute atomic E-state index is 0.0580. The van der Waals surface area contributed by atoms with Crippen LogP contribution in [0.25, 0.3) is 16.6 Å². The third-order valence-corrected chi connectivity index (χ3v) is 6.75. The summed E-state index contributed by atoms with van der Waals surface area (Å²) in [4.78, 5) is 29.1. The van der Waals surface area contributed by atoms with Gasteiger partial charge in [-0.25, -0.2) is 9.07 Å². The molecule has 5 rings (SSSR count). The van der Waals surface area contributed by atoms with Crippen molar-refractivity contribution < 1.29 is 13.9 Å². The van der Waals surface area contributed by atoms with Gasteiger partial charge in [0.15, 0.2) is 0 Å². The van der Waals surface area contributed by atoms with Gasteiger partial charge in [-0.1, -0.05) is 35.9 Å². The Morgan fingerprint density at radius 1 is 1.06 bits per heavy atom. The van der Waals surface area contributed by atoms with Crippen molar-refractivity contribution in [3.63, 3.8) is 0 Å². The van der Waals surface area contributed by atoms with E-state index in [0.717, 1.165) is 36.8 Å². The zero-order valence-electron chi connectivity index (χ0n) is 19.8. The third-order valence-electron chi connectivity index (χ3n) is 6.44. The number of pyridine rings is 1. The molecule has 8 nitrogen and oxygen atoms in total. The minimum atomic E-state index is -0.511. The molecule has 0 amide bonds. The molecule has 188 valence electrons. The largest absolute Gasteiger partial charge is 0.379 e. The highest BCUT2D eigenvalue weighted by Crippen LogP contribution is 2.23. The van der Waals surface area contributed by atoms with E-state index in [9.17, 15) is 14.0 Å². The fourth-order valence-electron chi connectivity index (χ4n) is 4.64. The molecule has 4 aromatic rings. The number of nitrogens with one attached hydrogen (secondary N) is 1. The first-order chi connectivity index (χ1) is 17.5. The molecule has 1 aliphatic heterocycles. The van der Waals surface area contributed by atoms with E-state index in [0.29, 0.717) is 29.8 Å². The predicted octanol–water partition coefficient (Wildman–Crippen LogP) is 3.30. The summed E-state index contributed by atoms with van der Waals surface area (Å²) in [6.45, 7) is 4.20. The van der Waals surface area contributed by atoms with Crippen LogP contribution in [0.15, 0.2) is 58.1 Å². The molecule has 1 saturated heterocycles. The minimum Gasteiger partial charge on any atom is -0.379 e. The molecule has 0 unspecified atom stereocenters. The smallest absolute Gasteiger partial charge is 0.281 e. The Morgan fingerprint density at radius 3 is 2.47 bits per heavy atom. The number of benzene rings is 2. The van der Waals surface area contributed by atoms with E-state index in [1.807, 2.05) is 18.2 Å². The molecule has 0 bridgehead atoms. The lowest BCUT2D eigenvalue weighted by molar-refractivity contribution is 0.0340. The van der Waals surface area contributed by atoms with Crippen LogP contribution in [0.1, 0.15) is 16.8 Å². The second kappa shape index (κ2) is 10.4. The highest BCUT2D eigenvalue weighted by Gasteiger charge is 2.20. The van der Waals surface area contributed by atoms with Gasteiger partial charge in [-0.2, -0.15) is 0 Å². The first-order valence-corrected chi connectivity index (χ1v) is 12.0. The topological polar surface area (TPSA) is 81.5 Å². The molecule has 1 N–H and O–H groups in total. The van der Waals surface area contributed by atoms with Crippen LogP contribution < -0.4 is 11.1 Å². The van der Waals surface area contributed by atoms with Gasteiger partial charge in [0.05, 0.1) is 53.7 Å². The Balaban J connectivity index is 1.60. The van der Waals surface area contributed by atoms with E-state index in [2.05, 4.69) is 16.1 Å². The maximum Gasteiger partial charge on any atom is 0.281 e. The van der Waals surface area contributed by atoms with Crippen LogP contribution in [0, 0.1) is 5.82 Å². The standard InChI is InChI=1S/C26H26ClFN4O4/c1-35-16-23-25-21(29-32(26(25)34)22-7-6-19(28)12-20(22)27)13-24(33)31(23)15-18-5-3-2-4-17(18)14-30-8-10-36-11-9-30/h2-7,12-13,29H,8-11,14-16H2,1H3. The van der Waals surface area contributed by atoms with Crippen molar-refractivity contribution in [2.24, 2.45) is 0 Å². The van der Waals surface area contributed by atoms with Crippen LogP contribution in [0.2, 0.25) is 5.02 Å². The quantitative estimate of drug-likeness (QED) is 0.411. The molecular formula is C26H26ClFN4O4. The molecule has 1 aliphatic rings. The number of hydrogen-bond acceptors (Lipinski definition) is 5. The summed E-state index contributed by atoms with van der Waals surface area (Å²) in [6.07, 6.45) is 0. The van der Waals surface area contributed by atoms with Crippen molar-refractivity contribution in [1.29, 1.82) is 0 Å². The number of fused-ring (bicyclic) bond motifs is 1. The summed E-state index contributed by atoms with van der Waals surface area (Å²) in [5.41, 5.74) is 2.53. The van der Waals surface area contributed by atoms with Crippen LogP contribution in [0.3, 0.4) is 0 Å². The van der Waals surface area contributed by atoms with Crippen molar-refractivity contribution in [3.8, 4) is 5.69 Å². The van der Waals surface area contributed by atoms with Crippen molar-refractivity contribution >= 4 is 22.5 Å². The van der Waals surface area contributed by atoms with Gasteiger partial charge in [-0.15, -0.1) is 0 Å². The van der Waals surface area contributed by atoms with Crippen molar-refractivity contribution in [1.82, 2.24) is 19.2 Å². The Morgan fingerprint density at radius 2 is 1.78 bits per heavy atom. The molecule has 0 radical (unpaired) electrons. The second-order valence-corrected chi connectivity index (χ2v) is 9.15. The average molecular weight is 513 g/mol. The third kappa shape index (κ3) is 4.75. The van der Waals surface area contributed by atoms with Gasteiger partial charge in [-0.3, -0.25) is 19.6 Å². The Hall–Kier alpha value is -3.24. The number of ether oxygens (including phenoxy) is 2. The van der Waals surface area contributed by atoms with Gasteiger partial charge >= 0.3 is 0 Å². The lowest BCUT2D eigenvalue weighted by Crippen LogP contribution is -2.36. The fourth-order valence-corrected chi connectivity index (χ4v) is 4.89. The monoisotopic (exact) mass is 512 g/mol. The number of methoxy groups -OCH3 is 1. The number of rotatable bonds is 7. The second-order valence-electron chi connectivity index (χ2n) is 8.74. The van der Waals surface area contributed by atoms with Gasteiger partial charge in [0.1, 0.15) is 5.82 Å². The molecule has 0 spiro atoms. The van der Waals surface area contributed by atoms with Crippen LogP contribution >= 0.6 is 11.6 Å². The number of aromatic amines is 1. The zero-order valence-corrected chi connectivity index (χ0v) is 20.6. The lowest BCUT2D eigenvalue weighted by Gasteiger charge is -2.27. The highest BCUT2D eigenvalue weighted by molar-refractivity contribution is 6.32. The van der Waals surface area contributed by atoms with E-state index in [4.69, 9.17) is 21.1 Å². The molecule has 36 heavy (non-hydrogen) atoms. The molecule has 2 aromatic carbocycles. The Labute approximate surface area is 211 Å². The number of halogens is 2. The Bertz CT molecular complexity index is 1520. The van der Waals surface area contributed by atoms with Crippen molar-refractivity contribution in [2.45, 2.75) is 19.7 Å². The SMILES string of the molecule is COCc1c2c(=O)n(-c3ccc(F)cc3Cl)[nH]c2cc(=O)n1Cc1ccccc1CN1CCOCC1. The Kier molecular flexibility index (Phi) is 7.06. The summed E-state index contributed by atoms with van der Waals surface area (Å²) in [5.74, 6) is -0.511. The molecule has 3 heterocycles. The molecular weight excluding hydrogens is 487 g/mol. The molecule has 2 aromatic heterocycles. The predicted molar refractivity (Wildman–Crippen MR) is 135 cm³/mol. The van der Waals surface area contributed by atoms with Crippen LogP contribution in [0.4, 0.5) is 4.39 Å². The number of aromatic nitrogens is 3. The number of H-pyrrole nitrogens is 1. The molecule has 10 heteroatoms. The zero-order chi connectivity index (χ0) is 25.2. The summed E-state index contributed by atoms with van der Waals surface area (Å²) in [6, 6.07) is 13.2. The van der Waals surface area contributed by atoms with Gasteiger partial charge < -0.3 is 14.0 Å². The van der Waals surface area contributed by atoms with Crippen LogP contribution in [-0.2, 0) is 29.2 Å². The maximum absolute atomic E-state index is 13.6. The van der Waals surface area contributed by atoms with E-state index in [1.54, 1.807) is 4.57 Å². The summed E-state index contributed by atoms with van der Waals surface area (Å²) in [5, 5.41) is 3.34. The average Bonchev–Trinajstić information content (AvgIpc) is 3.18. The van der Waals surface area contributed by atoms with Crippen LogP contribution in [-0.4, -0.2) is 52.7 Å². The number of morpholine rings is 1. The maximum atomic E-state index is 13.6. The van der Waals surface area contributed by atoms with E-state index in [1.165, 1.54) is 30.0 Å². The van der Waals surface area contributed by atoms with Crippen molar-refractivity contribution in [2.75, 3.05) is 33.4 Å². The van der Waals surface area contributed by atoms with Gasteiger partial charge in [-0.05, 0) is 29.3 Å². The normalized spacial score (nSPS) is 14.5. The first-order valence-electron chi connectivity index (χ1n) is 11.6. The lowest BCUT2D eigenvalue weighted by atomic mass is 10.1.